The van der Waals surface area contributed by atoms with Crippen molar-refractivity contribution in [2.24, 2.45) is 0 Å². The molecular weight excluding hydrogens is 544 g/mol. The first kappa shape index (κ1) is 33.6. The van der Waals surface area contributed by atoms with Crippen molar-refractivity contribution in [1.82, 2.24) is 10.6 Å². The van der Waals surface area contributed by atoms with Gasteiger partial charge in [0.05, 0.1) is 33.0 Å². The summed E-state index contributed by atoms with van der Waals surface area (Å²) in [4.78, 5) is 59.0. The van der Waals surface area contributed by atoms with Gasteiger partial charge in [0.25, 0.3) is 5.91 Å². The first-order valence-corrected chi connectivity index (χ1v) is 13.1. The van der Waals surface area contributed by atoms with Crippen LogP contribution in [0.4, 0.5) is 0 Å². The molecule has 0 aliphatic carbocycles. The number of hydrogen-bond acceptors (Lipinski definition) is 12. The van der Waals surface area contributed by atoms with Gasteiger partial charge in [-0.1, -0.05) is 18.2 Å². The lowest BCUT2D eigenvalue weighted by Crippen LogP contribution is -2.66. The summed E-state index contributed by atoms with van der Waals surface area (Å²) in [6, 6.07) is 7.79. The van der Waals surface area contributed by atoms with Gasteiger partial charge in [0.2, 0.25) is 5.91 Å². The number of ether oxygens (including phenoxy) is 7. The molecule has 2 rings (SSSR count). The van der Waals surface area contributed by atoms with Gasteiger partial charge in [-0.25, -0.2) is 0 Å². The Hall–Kier alpha value is -3.59. The topological polar surface area (TPSA) is 174 Å². The van der Waals surface area contributed by atoms with Gasteiger partial charge in [-0.2, -0.15) is 0 Å². The van der Waals surface area contributed by atoms with E-state index in [1.54, 1.807) is 24.3 Å². The summed E-state index contributed by atoms with van der Waals surface area (Å²) >= 11 is 0. The largest absolute Gasteiger partial charge is 0.463 e. The van der Waals surface area contributed by atoms with Gasteiger partial charge in [0, 0.05) is 39.8 Å². The smallest absolute Gasteiger partial charge is 0.303 e. The number of amides is 2. The van der Waals surface area contributed by atoms with Crippen LogP contribution in [0.3, 0.4) is 0 Å². The van der Waals surface area contributed by atoms with Crippen LogP contribution >= 0.6 is 0 Å². The van der Waals surface area contributed by atoms with Crippen molar-refractivity contribution in [2.45, 2.75) is 58.3 Å². The van der Waals surface area contributed by atoms with E-state index in [0.717, 1.165) is 13.8 Å². The molecule has 41 heavy (non-hydrogen) atoms. The summed E-state index contributed by atoms with van der Waals surface area (Å²) < 4.78 is 38.4. The van der Waals surface area contributed by atoms with Crippen LogP contribution < -0.4 is 10.6 Å². The number of benzene rings is 1. The van der Waals surface area contributed by atoms with Crippen LogP contribution in [0.5, 0.6) is 0 Å². The Balaban J connectivity index is 1.85. The number of rotatable bonds is 16. The van der Waals surface area contributed by atoms with Gasteiger partial charge in [0.15, 0.2) is 18.5 Å². The number of nitrogens with one attached hydrogen (secondary N) is 2. The first-order valence-electron chi connectivity index (χ1n) is 13.1. The predicted molar refractivity (Wildman–Crippen MR) is 140 cm³/mol. The molecule has 1 saturated heterocycles. The molecule has 1 aliphatic heterocycles. The third-order valence-corrected chi connectivity index (χ3v) is 5.52. The predicted octanol–water partition coefficient (Wildman–Crippen LogP) is 0.122. The summed E-state index contributed by atoms with van der Waals surface area (Å²) in [7, 11) is 0. The maximum absolute atomic E-state index is 12.0. The number of carbonyl (C=O) groups is 5. The Morgan fingerprint density at radius 1 is 0.780 bits per heavy atom. The van der Waals surface area contributed by atoms with E-state index < -0.39 is 54.5 Å². The monoisotopic (exact) mass is 582 g/mol. The van der Waals surface area contributed by atoms with Crippen molar-refractivity contribution < 1.29 is 57.1 Å². The van der Waals surface area contributed by atoms with Crippen molar-refractivity contribution in [3.05, 3.63) is 35.9 Å². The molecular formula is C27H38N2O12. The van der Waals surface area contributed by atoms with E-state index in [9.17, 15) is 24.0 Å². The molecule has 14 heteroatoms. The summed E-state index contributed by atoms with van der Waals surface area (Å²) in [5, 5.41) is 5.38. The summed E-state index contributed by atoms with van der Waals surface area (Å²) in [5.41, 5.74) is 0.567. The summed E-state index contributed by atoms with van der Waals surface area (Å²) in [6.07, 6.45) is -4.61. The fourth-order valence-corrected chi connectivity index (χ4v) is 3.91. The zero-order chi connectivity index (χ0) is 30.2. The molecule has 5 unspecified atom stereocenters. The van der Waals surface area contributed by atoms with E-state index >= 15 is 0 Å². The molecule has 0 saturated carbocycles. The average Bonchev–Trinajstić information content (AvgIpc) is 2.91. The molecule has 228 valence electrons. The SMILES string of the molecule is CC(=O)NC1C(OCCOCCOCCNC(=O)c2ccccc2)OC(COC(C)=O)C(OC(C)=O)C1OC(C)=O. The van der Waals surface area contributed by atoms with E-state index in [2.05, 4.69) is 10.6 Å². The number of carbonyl (C=O) groups excluding carboxylic acids is 5. The van der Waals surface area contributed by atoms with Gasteiger partial charge < -0.3 is 43.8 Å². The highest BCUT2D eigenvalue weighted by molar-refractivity contribution is 5.94. The minimum absolute atomic E-state index is 0.0131. The average molecular weight is 583 g/mol. The molecule has 2 amide bonds. The molecule has 0 spiro atoms. The van der Waals surface area contributed by atoms with Crippen molar-refractivity contribution in [3.8, 4) is 0 Å². The van der Waals surface area contributed by atoms with Crippen LogP contribution in [-0.2, 0) is 52.3 Å². The number of hydrogen-bond donors (Lipinski definition) is 2. The van der Waals surface area contributed by atoms with Crippen molar-refractivity contribution in [2.75, 3.05) is 46.2 Å². The fraction of sp³-hybridized carbons (Fsp3) is 0.593. The van der Waals surface area contributed by atoms with E-state index in [4.69, 9.17) is 33.2 Å². The molecule has 0 radical (unpaired) electrons. The van der Waals surface area contributed by atoms with Crippen molar-refractivity contribution in [1.29, 1.82) is 0 Å². The molecule has 14 nitrogen and oxygen atoms in total. The standard InChI is InChI=1S/C27H38N2O12/c1-17(30)29-23-25(40-20(4)33)24(39-19(3)32)22(16-38-18(2)31)41-27(23)37-15-14-36-13-12-35-11-10-28-26(34)21-8-6-5-7-9-21/h5-9,22-25,27H,10-16H2,1-4H3,(H,28,34)(H,29,30). The minimum Gasteiger partial charge on any atom is -0.463 e. The van der Waals surface area contributed by atoms with Crippen LogP contribution in [0.1, 0.15) is 38.1 Å². The minimum atomic E-state index is -1.20. The molecule has 1 aromatic carbocycles. The molecule has 5 atom stereocenters. The van der Waals surface area contributed by atoms with Crippen molar-refractivity contribution in [3.63, 3.8) is 0 Å². The summed E-state index contributed by atoms with van der Waals surface area (Å²) in [6.45, 7) is 5.75. The Labute approximate surface area is 238 Å². The molecule has 1 aliphatic rings. The Morgan fingerprint density at radius 2 is 1.39 bits per heavy atom. The second-order valence-electron chi connectivity index (χ2n) is 8.94. The third-order valence-electron chi connectivity index (χ3n) is 5.52. The van der Waals surface area contributed by atoms with Crippen LogP contribution in [-0.4, -0.2) is 107 Å². The molecule has 1 fully saturated rings. The molecule has 1 aromatic rings. The van der Waals surface area contributed by atoms with E-state index in [-0.39, 0.29) is 38.9 Å². The van der Waals surface area contributed by atoms with E-state index in [1.165, 1.54) is 13.8 Å². The summed E-state index contributed by atoms with van der Waals surface area (Å²) in [5.74, 6) is -2.65. The maximum Gasteiger partial charge on any atom is 0.303 e. The Kier molecular flexibility index (Phi) is 14.7. The van der Waals surface area contributed by atoms with Crippen LogP contribution in [0, 0.1) is 0 Å². The van der Waals surface area contributed by atoms with E-state index in [1.807, 2.05) is 6.07 Å². The second-order valence-corrected chi connectivity index (χ2v) is 8.94. The zero-order valence-corrected chi connectivity index (χ0v) is 23.6. The lowest BCUT2D eigenvalue weighted by atomic mass is 9.96. The quantitative estimate of drug-likeness (QED) is 0.153. The first-order chi connectivity index (χ1) is 19.6. The van der Waals surface area contributed by atoms with Crippen LogP contribution in [0.2, 0.25) is 0 Å². The lowest BCUT2D eigenvalue weighted by Gasteiger charge is -2.44. The van der Waals surface area contributed by atoms with Crippen LogP contribution in [0.15, 0.2) is 30.3 Å². The van der Waals surface area contributed by atoms with Crippen molar-refractivity contribution >= 4 is 29.7 Å². The van der Waals surface area contributed by atoms with Gasteiger partial charge in [-0.3, -0.25) is 24.0 Å². The van der Waals surface area contributed by atoms with Gasteiger partial charge in [0.1, 0.15) is 18.8 Å². The lowest BCUT2D eigenvalue weighted by molar-refractivity contribution is -0.279. The highest BCUT2D eigenvalue weighted by Gasteiger charge is 2.51. The highest BCUT2D eigenvalue weighted by atomic mass is 16.7. The fourth-order valence-electron chi connectivity index (χ4n) is 3.91. The molecule has 1 heterocycles. The zero-order valence-electron chi connectivity index (χ0n) is 23.6. The maximum atomic E-state index is 12.0. The van der Waals surface area contributed by atoms with Gasteiger partial charge in [-0.15, -0.1) is 0 Å². The van der Waals surface area contributed by atoms with Crippen LogP contribution in [0.25, 0.3) is 0 Å². The Bertz CT molecular complexity index is 1010. The molecule has 0 bridgehead atoms. The molecule has 0 aromatic heterocycles. The third kappa shape index (κ3) is 12.6. The highest BCUT2D eigenvalue weighted by Crippen LogP contribution is 2.28. The Morgan fingerprint density at radius 3 is 2.00 bits per heavy atom. The van der Waals surface area contributed by atoms with E-state index in [0.29, 0.717) is 18.7 Å². The van der Waals surface area contributed by atoms with Gasteiger partial charge in [-0.05, 0) is 12.1 Å². The van der Waals surface area contributed by atoms with Gasteiger partial charge >= 0.3 is 17.9 Å². The number of esters is 3. The molecule has 2 N–H and O–H groups in total. The second kappa shape index (κ2) is 18.0. The normalized spacial score (nSPS) is 21.8.